The van der Waals surface area contributed by atoms with Crippen LogP contribution in [0.4, 0.5) is 0 Å². The number of benzene rings is 1. The first kappa shape index (κ1) is 12.5. The van der Waals surface area contributed by atoms with Gasteiger partial charge in [0.1, 0.15) is 11.8 Å². The summed E-state index contributed by atoms with van der Waals surface area (Å²) < 4.78 is 11.1. The third kappa shape index (κ3) is 1.99. The van der Waals surface area contributed by atoms with E-state index in [1.807, 2.05) is 13.0 Å². The average molecular weight is 274 g/mol. The smallest absolute Gasteiger partial charge is 0.353 e. The molecule has 2 heterocycles. The molecule has 0 aliphatic carbocycles. The van der Waals surface area contributed by atoms with E-state index in [-0.39, 0.29) is 11.8 Å². The molecule has 0 bridgehead atoms. The summed E-state index contributed by atoms with van der Waals surface area (Å²) in [6, 6.07) is 5.27. The van der Waals surface area contributed by atoms with E-state index in [1.165, 1.54) is 6.07 Å². The van der Waals surface area contributed by atoms with Gasteiger partial charge in [0.2, 0.25) is 0 Å². The lowest BCUT2D eigenvalue weighted by atomic mass is 10.0. The quantitative estimate of drug-likeness (QED) is 0.895. The number of carbonyl (C=O) groups is 1. The van der Waals surface area contributed by atoms with Crippen molar-refractivity contribution in [3.05, 3.63) is 29.5 Å². The fraction of sp³-hybridized carbons (Fsp3) is 0.286. The van der Waals surface area contributed by atoms with Gasteiger partial charge in [0, 0.05) is 17.5 Å². The van der Waals surface area contributed by atoms with Crippen LogP contribution in [0.25, 0.3) is 11.3 Å². The van der Waals surface area contributed by atoms with Crippen LogP contribution < -0.4 is 9.47 Å². The molecule has 2 N–H and O–H groups in total. The number of nitrogens with zero attached hydrogens (tertiary/aromatic N) is 1. The number of methoxy groups -OCH3 is 1. The lowest BCUT2D eigenvalue weighted by Gasteiger charge is -2.09. The molecule has 1 atom stereocenters. The van der Waals surface area contributed by atoms with E-state index in [0.29, 0.717) is 11.4 Å². The summed E-state index contributed by atoms with van der Waals surface area (Å²) >= 11 is 0. The van der Waals surface area contributed by atoms with Crippen LogP contribution >= 0.6 is 0 Å². The highest BCUT2D eigenvalue weighted by atomic mass is 16.5. The molecule has 6 heteroatoms. The first-order valence-electron chi connectivity index (χ1n) is 6.25. The molecule has 0 saturated carbocycles. The van der Waals surface area contributed by atoms with Crippen LogP contribution in [-0.2, 0) is 6.42 Å². The zero-order valence-electron chi connectivity index (χ0n) is 11.1. The standard InChI is InChI=1S/C14H14N2O4/c1-7-3-9-4-8(5-12(19-2)13(9)20-7)10-6-11(14(17)18)16-15-10/h4-7H,3H2,1-2H3,(H,15,16)(H,17,18). The first-order chi connectivity index (χ1) is 9.58. The third-order valence-electron chi connectivity index (χ3n) is 3.28. The van der Waals surface area contributed by atoms with Gasteiger partial charge in [-0.2, -0.15) is 5.10 Å². The number of aromatic carboxylic acids is 1. The van der Waals surface area contributed by atoms with Gasteiger partial charge in [-0.05, 0) is 25.1 Å². The second-order valence-corrected chi connectivity index (χ2v) is 4.77. The van der Waals surface area contributed by atoms with Crippen LogP contribution in [0.3, 0.4) is 0 Å². The maximum absolute atomic E-state index is 10.9. The fourth-order valence-corrected chi connectivity index (χ4v) is 2.38. The predicted molar refractivity (Wildman–Crippen MR) is 71.3 cm³/mol. The van der Waals surface area contributed by atoms with Gasteiger partial charge in [0.15, 0.2) is 11.5 Å². The molecule has 0 saturated heterocycles. The molecule has 6 nitrogen and oxygen atoms in total. The van der Waals surface area contributed by atoms with Crippen LogP contribution in [0.15, 0.2) is 18.2 Å². The minimum absolute atomic E-state index is 0.0593. The number of nitrogens with one attached hydrogen (secondary N) is 1. The summed E-state index contributed by atoms with van der Waals surface area (Å²) in [5, 5.41) is 15.4. The van der Waals surface area contributed by atoms with Crippen molar-refractivity contribution in [3.8, 4) is 22.8 Å². The maximum atomic E-state index is 10.9. The highest BCUT2D eigenvalue weighted by Gasteiger charge is 2.24. The second-order valence-electron chi connectivity index (χ2n) is 4.77. The van der Waals surface area contributed by atoms with Crippen LogP contribution in [0.1, 0.15) is 23.0 Å². The number of H-pyrrole nitrogens is 1. The van der Waals surface area contributed by atoms with Crippen LogP contribution in [0, 0.1) is 0 Å². The van der Waals surface area contributed by atoms with E-state index in [4.69, 9.17) is 14.6 Å². The molecule has 20 heavy (non-hydrogen) atoms. The van der Waals surface area contributed by atoms with Gasteiger partial charge in [-0.3, -0.25) is 5.10 Å². The van der Waals surface area contributed by atoms with Crippen molar-refractivity contribution in [1.29, 1.82) is 0 Å². The van der Waals surface area contributed by atoms with Gasteiger partial charge in [-0.1, -0.05) is 0 Å². The zero-order valence-corrected chi connectivity index (χ0v) is 11.1. The van der Waals surface area contributed by atoms with Crippen molar-refractivity contribution in [2.45, 2.75) is 19.4 Å². The zero-order chi connectivity index (χ0) is 14.3. The number of carboxylic acid groups (broad SMARTS) is 1. The maximum Gasteiger partial charge on any atom is 0.353 e. The Kier molecular flexibility index (Phi) is 2.85. The highest BCUT2D eigenvalue weighted by Crippen LogP contribution is 2.41. The van der Waals surface area contributed by atoms with Crippen LogP contribution in [0.2, 0.25) is 0 Å². The monoisotopic (exact) mass is 274 g/mol. The summed E-state index contributed by atoms with van der Waals surface area (Å²) in [4.78, 5) is 10.9. The van der Waals surface area contributed by atoms with Crippen molar-refractivity contribution in [2.75, 3.05) is 7.11 Å². The Morgan fingerprint density at radius 1 is 1.50 bits per heavy atom. The predicted octanol–water partition coefficient (Wildman–Crippen LogP) is 2.11. The Balaban J connectivity index is 2.06. The molecule has 1 aliphatic heterocycles. The summed E-state index contributed by atoms with van der Waals surface area (Å²) in [5.74, 6) is 0.369. The minimum atomic E-state index is -1.03. The largest absolute Gasteiger partial charge is 0.493 e. The lowest BCUT2D eigenvalue weighted by Crippen LogP contribution is -2.05. The van der Waals surface area contributed by atoms with Gasteiger partial charge in [-0.15, -0.1) is 0 Å². The third-order valence-corrected chi connectivity index (χ3v) is 3.28. The topological polar surface area (TPSA) is 84.4 Å². The molecule has 3 rings (SSSR count). The van der Waals surface area contributed by atoms with E-state index in [9.17, 15) is 4.79 Å². The molecule has 2 aromatic rings. The summed E-state index contributed by atoms with van der Waals surface area (Å²) in [6.07, 6.45) is 0.915. The molecule has 0 fully saturated rings. The van der Waals surface area contributed by atoms with E-state index >= 15 is 0 Å². The molecule has 1 aromatic carbocycles. The Labute approximate surface area is 115 Å². The number of aromatic nitrogens is 2. The van der Waals surface area contributed by atoms with Gasteiger partial charge in [-0.25, -0.2) is 4.79 Å². The van der Waals surface area contributed by atoms with Crippen molar-refractivity contribution in [3.63, 3.8) is 0 Å². The number of ether oxygens (including phenoxy) is 2. The Morgan fingerprint density at radius 3 is 2.95 bits per heavy atom. The average Bonchev–Trinajstić information content (AvgIpc) is 3.02. The van der Waals surface area contributed by atoms with Crippen LogP contribution in [-0.4, -0.2) is 34.5 Å². The fourth-order valence-electron chi connectivity index (χ4n) is 2.38. The number of hydrogen-bond donors (Lipinski definition) is 2. The minimum Gasteiger partial charge on any atom is -0.493 e. The molecule has 1 aromatic heterocycles. The number of hydrogen-bond acceptors (Lipinski definition) is 4. The SMILES string of the molecule is COc1cc(-c2cc(C(=O)O)[nH]n2)cc2c1OC(C)C2. The van der Waals surface area contributed by atoms with E-state index in [0.717, 1.165) is 23.3 Å². The number of rotatable bonds is 3. The molecule has 0 radical (unpaired) electrons. The molecular weight excluding hydrogens is 260 g/mol. The summed E-state index contributed by atoms with van der Waals surface area (Å²) in [5.41, 5.74) is 2.49. The lowest BCUT2D eigenvalue weighted by molar-refractivity contribution is 0.0690. The van der Waals surface area contributed by atoms with Gasteiger partial charge >= 0.3 is 5.97 Å². The molecule has 1 aliphatic rings. The van der Waals surface area contributed by atoms with Gasteiger partial charge in [0.05, 0.1) is 12.8 Å². The van der Waals surface area contributed by atoms with Gasteiger partial charge < -0.3 is 14.6 Å². The molecule has 1 unspecified atom stereocenters. The van der Waals surface area contributed by atoms with Crippen LogP contribution in [0.5, 0.6) is 11.5 Å². The van der Waals surface area contributed by atoms with E-state index in [1.54, 1.807) is 13.2 Å². The Bertz CT molecular complexity index is 678. The second kappa shape index (κ2) is 4.56. The highest BCUT2D eigenvalue weighted by molar-refractivity contribution is 5.87. The molecular formula is C14H14N2O4. The number of aromatic amines is 1. The molecule has 0 amide bonds. The number of carboxylic acids is 1. The van der Waals surface area contributed by atoms with E-state index < -0.39 is 5.97 Å². The van der Waals surface area contributed by atoms with E-state index in [2.05, 4.69) is 10.2 Å². The van der Waals surface area contributed by atoms with Gasteiger partial charge in [0.25, 0.3) is 0 Å². The summed E-state index contributed by atoms with van der Waals surface area (Å²) in [7, 11) is 1.58. The first-order valence-corrected chi connectivity index (χ1v) is 6.25. The normalized spacial score (nSPS) is 16.6. The Morgan fingerprint density at radius 2 is 2.30 bits per heavy atom. The van der Waals surface area contributed by atoms with Crippen molar-refractivity contribution in [1.82, 2.24) is 10.2 Å². The van der Waals surface area contributed by atoms with Crippen molar-refractivity contribution < 1.29 is 19.4 Å². The Hall–Kier alpha value is -2.50. The van der Waals surface area contributed by atoms with Crippen molar-refractivity contribution in [2.24, 2.45) is 0 Å². The molecule has 104 valence electrons. The molecule has 0 spiro atoms. The summed E-state index contributed by atoms with van der Waals surface area (Å²) in [6.45, 7) is 2.00. The van der Waals surface area contributed by atoms with Crippen molar-refractivity contribution >= 4 is 5.97 Å². The number of fused-ring (bicyclic) bond motifs is 1.